The maximum Gasteiger partial charge on any atom is 0.414 e. The van der Waals surface area contributed by atoms with Crippen LogP contribution in [-0.4, -0.2) is 58.1 Å². The number of hydrogen-bond donors (Lipinski definition) is 2. The summed E-state index contributed by atoms with van der Waals surface area (Å²) in [5, 5.41) is 17.4. The Morgan fingerprint density at radius 3 is 1.90 bits per heavy atom. The van der Waals surface area contributed by atoms with Crippen molar-refractivity contribution >= 4 is 22.7 Å². The van der Waals surface area contributed by atoms with Gasteiger partial charge in [0.25, 0.3) is 0 Å². The summed E-state index contributed by atoms with van der Waals surface area (Å²) in [6.45, 7) is 5.72. The Labute approximate surface area is 180 Å². The van der Waals surface area contributed by atoms with Crippen LogP contribution in [0.1, 0.15) is 11.1 Å². The fourth-order valence-electron chi connectivity index (χ4n) is 3.57. The molecule has 0 aromatic heterocycles. The number of aliphatic carboxylic acids is 2. The van der Waals surface area contributed by atoms with Gasteiger partial charge in [0, 0.05) is 44.8 Å². The second kappa shape index (κ2) is 10.7. The Bertz CT molecular complexity index is 1040. The molecule has 0 saturated carbocycles. The molecule has 0 aliphatic carbocycles. The largest absolute Gasteiger partial charge is 0.473 e. The normalized spacial score (nSPS) is 14.6. The van der Waals surface area contributed by atoms with Crippen molar-refractivity contribution in [2.45, 2.75) is 13.1 Å². The number of hydrogen-bond acceptors (Lipinski definition) is 4. The van der Waals surface area contributed by atoms with Crippen LogP contribution < -0.4 is 0 Å². The number of fused-ring (bicyclic) bond motifs is 1. The highest BCUT2D eigenvalue weighted by Crippen LogP contribution is 2.18. The lowest BCUT2D eigenvalue weighted by Crippen LogP contribution is -2.45. The number of carboxylic acid groups (broad SMARTS) is 2. The maximum absolute atomic E-state index is 13.8. The van der Waals surface area contributed by atoms with Crippen molar-refractivity contribution in [2.75, 3.05) is 26.2 Å². The maximum atomic E-state index is 13.8. The van der Waals surface area contributed by atoms with Crippen molar-refractivity contribution in [3.05, 3.63) is 83.7 Å². The minimum Gasteiger partial charge on any atom is -0.473 e. The number of carbonyl (C=O) groups is 2. The van der Waals surface area contributed by atoms with E-state index in [1.807, 2.05) is 12.1 Å². The van der Waals surface area contributed by atoms with Gasteiger partial charge in [-0.3, -0.25) is 9.80 Å². The molecule has 0 bridgehead atoms. The standard InChI is InChI=1S/C22H23FN2.C2H2O4/c23-22-8-4-3-7-21(22)17-25-13-11-24(12-14-25)16-18-9-10-19-5-1-2-6-20(19)15-18;3-1(4)2(5)6/h1-10,15H,11-14,16-17H2;(H,3,4)(H,5,6). The van der Waals surface area contributed by atoms with Gasteiger partial charge >= 0.3 is 11.9 Å². The zero-order valence-electron chi connectivity index (χ0n) is 17.1. The van der Waals surface area contributed by atoms with Gasteiger partial charge < -0.3 is 10.2 Å². The Hall–Kier alpha value is -3.29. The van der Waals surface area contributed by atoms with Crippen LogP contribution in [0.5, 0.6) is 0 Å². The van der Waals surface area contributed by atoms with E-state index in [0.29, 0.717) is 6.54 Å². The summed E-state index contributed by atoms with van der Waals surface area (Å²) >= 11 is 0. The molecule has 2 N–H and O–H groups in total. The van der Waals surface area contributed by atoms with Gasteiger partial charge in [0.2, 0.25) is 0 Å². The van der Waals surface area contributed by atoms with Crippen LogP contribution in [-0.2, 0) is 22.7 Å². The highest BCUT2D eigenvalue weighted by atomic mass is 19.1. The molecule has 1 saturated heterocycles. The Kier molecular flexibility index (Phi) is 7.70. The Morgan fingerprint density at radius 1 is 0.742 bits per heavy atom. The van der Waals surface area contributed by atoms with Crippen LogP contribution in [0.3, 0.4) is 0 Å². The minimum absolute atomic E-state index is 0.0962. The average Bonchev–Trinajstić information content (AvgIpc) is 2.77. The zero-order valence-corrected chi connectivity index (χ0v) is 17.1. The van der Waals surface area contributed by atoms with E-state index in [0.717, 1.165) is 38.3 Å². The fourth-order valence-corrected chi connectivity index (χ4v) is 3.57. The molecule has 1 aliphatic rings. The molecule has 0 spiro atoms. The predicted molar refractivity (Wildman–Crippen MR) is 116 cm³/mol. The second-order valence-corrected chi connectivity index (χ2v) is 7.44. The molecule has 0 atom stereocenters. The molecule has 1 heterocycles. The first-order valence-corrected chi connectivity index (χ1v) is 10.0. The van der Waals surface area contributed by atoms with Crippen molar-refractivity contribution < 1.29 is 24.2 Å². The quantitative estimate of drug-likeness (QED) is 0.625. The van der Waals surface area contributed by atoms with Gasteiger partial charge in [-0.25, -0.2) is 14.0 Å². The van der Waals surface area contributed by atoms with Gasteiger partial charge in [0.15, 0.2) is 0 Å². The van der Waals surface area contributed by atoms with E-state index in [2.05, 4.69) is 52.3 Å². The first-order chi connectivity index (χ1) is 14.9. The third-order valence-corrected chi connectivity index (χ3v) is 5.22. The number of piperazine rings is 1. The smallest absolute Gasteiger partial charge is 0.414 e. The molecule has 3 aromatic carbocycles. The highest BCUT2D eigenvalue weighted by molar-refractivity contribution is 6.27. The van der Waals surface area contributed by atoms with Crippen molar-refractivity contribution in [2.24, 2.45) is 0 Å². The second-order valence-electron chi connectivity index (χ2n) is 7.44. The van der Waals surface area contributed by atoms with Gasteiger partial charge in [0.05, 0.1) is 0 Å². The van der Waals surface area contributed by atoms with Crippen molar-refractivity contribution in [3.8, 4) is 0 Å². The molecule has 3 aromatic rings. The van der Waals surface area contributed by atoms with Crippen molar-refractivity contribution in [1.82, 2.24) is 9.80 Å². The lowest BCUT2D eigenvalue weighted by atomic mass is 10.1. The summed E-state index contributed by atoms with van der Waals surface area (Å²) in [5.74, 6) is -3.74. The molecule has 6 nitrogen and oxygen atoms in total. The summed E-state index contributed by atoms with van der Waals surface area (Å²) in [5.41, 5.74) is 2.16. The Balaban J connectivity index is 0.000000401. The lowest BCUT2D eigenvalue weighted by Gasteiger charge is -2.34. The third-order valence-electron chi connectivity index (χ3n) is 5.22. The lowest BCUT2D eigenvalue weighted by molar-refractivity contribution is -0.159. The van der Waals surface area contributed by atoms with Crippen LogP contribution in [0.4, 0.5) is 4.39 Å². The predicted octanol–water partition coefficient (Wildman–Crippen LogP) is 3.45. The summed E-state index contributed by atoms with van der Waals surface area (Å²) in [4.78, 5) is 23.0. The van der Waals surface area contributed by atoms with E-state index in [4.69, 9.17) is 19.8 Å². The van der Waals surface area contributed by atoms with Crippen molar-refractivity contribution in [3.63, 3.8) is 0 Å². The van der Waals surface area contributed by atoms with Crippen LogP contribution >= 0.6 is 0 Å². The van der Waals surface area contributed by atoms with Crippen molar-refractivity contribution in [1.29, 1.82) is 0 Å². The number of nitrogens with zero attached hydrogens (tertiary/aromatic N) is 2. The minimum atomic E-state index is -1.82. The topological polar surface area (TPSA) is 81.1 Å². The van der Waals surface area contributed by atoms with E-state index in [1.165, 1.54) is 16.3 Å². The highest BCUT2D eigenvalue weighted by Gasteiger charge is 2.18. The molecular weight excluding hydrogens is 399 g/mol. The molecule has 0 unspecified atom stereocenters. The van der Waals surface area contributed by atoms with Crippen LogP contribution in [0, 0.1) is 5.82 Å². The van der Waals surface area contributed by atoms with Gasteiger partial charge in [0.1, 0.15) is 5.82 Å². The van der Waals surface area contributed by atoms with Gasteiger partial charge in [-0.2, -0.15) is 0 Å². The first-order valence-electron chi connectivity index (χ1n) is 10.0. The van der Waals surface area contributed by atoms with Crippen LogP contribution in [0.25, 0.3) is 10.8 Å². The van der Waals surface area contributed by atoms with E-state index in [-0.39, 0.29) is 5.82 Å². The van der Waals surface area contributed by atoms with Crippen LogP contribution in [0.2, 0.25) is 0 Å². The number of rotatable bonds is 4. The molecule has 162 valence electrons. The first kappa shape index (κ1) is 22.4. The summed E-state index contributed by atoms with van der Waals surface area (Å²) in [6, 6.07) is 22.3. The van der Waals surface area contributed by atoms with Crippen LogP contribution in [0.15, 0.2) is 66.7 Å². The monoisotopic (exact) mass is 424 g/mol. The molecule has 31 heavy (non-hydrogen) atoms. The van der Waals surface area contributed by atoms with E-state index >= 15 is 0 Å². The van der Waals surface area contributed by atoms with Gasteiger partial charge in [-0.15, -0.1) is 0 Å². The summed E-state index contributed by atoms with van der Waals surface area (Å²) < 4.78 is 13.8. The van der Waals surface area contributed by atoms with E-state index in [1.54, 1.807) is 12.1 Å². The molecule has 7 heteroatoms. The number of halogens is 1. The summed E-state index contributed by atoms with van der Waals surface area (Å²) in [6.07, 6.45) is 0. The summed E-state index contributed by atoms with van der Waals surface area (Å²) in [7, 11) is 0. The third kappa shape index (κ3) is 6.60. The van der Waals surface area contributed by atoms with Gasteiger partial charge in [-0.1, -0.05) is 54.6 Å². The molecule has 0 amide bonds. The van der Waals surface area contributed by atoms with E-state index in [9.17, 15) is 4.39 Å². The number of carboxylic acids is 2. The fraction of sp³-hybridized carbons (Fsp3) is 0.250. The van der Waals surface area contributed by atoms with E-state index < -0.39 is 11.9 Å². The average molecular weight is 424 g/mol. The molecular formula is C24H25FN2O4. The molecule has 4 rings (SSSR count). The molecule has 1 fully saturated rings. The molecule has 1 aliphatic heterocycles. The zero-order chi connectivity index (χ0) is 22.2. The molecule has 0 radical (unpaired) electrons. The van der Waals surface area contributed by atoms with Gasteiger partial charge in [-0.05, 0) is 28.5 Å². The SMILES string of the molecule is Fc1ccccc1CN1CCN(Cc2ccc3ccccc3c2)CC1.O=C(O)C(=O)O. The number of benzene rings is 3. The Morgan fingerprint density at radius 2 is 1.29 bits per heavy atom.